The number of fused-ring (bicyclic) bond motifs is 1. The lowest BCUT2D eigenvalue weighted by molar-refractivity contribution is -0.158. The van der Waals surface area contributed by atoms with Gasteiger partial charge in [0.25, 0.3) is 0 Å². The molecular weight excluding hydrogens is 520 g/mol. The van der Waals surface area contributed by atoms with Gasteiger partial charge in [-0.3, -0.25) is 14.4 Å². The van der Waals surface area contributed by atoms with Crippen molar-refractivity contribution in [2.24, 2.45) is 0 Å². The zero-order valence-corrected chi connectivity index (χ0v) is 22.5. The molecule has 0 atom stereocenters. The minimum Gasteiger partial charge on any atom is -0.507 e. The van der Waals surface area contributed by atoms with Crippen LogP contribution in [0.1, 0.15) is 60.7 Å². The van der Waals surface area contributed by atoms with Crippen molar-refractivity contribution in [2.45, 2.75) is 59.7 Å². The second-order valence-corrected chi connectivity index (χ2v) is 8.54. The standard InChI is InChI=1S/C26H32O13/c1-14(6-8-19-23(30)22-20(12-36-25(22)31)15(2)24(19)33-5)7-9-21(29)37-13-38-26(32)39-18(10-34-16(3)27)11-35-17(4)28/h6,18,30H,7-13H2,1-5H3/b14-6+. The van der Waals surface area contributed by atoms with Crippen LogP contribution in [0.5, 0.6) is 11.5 Å². The molecular formula is C26H32O13. The van der Waals surface area contributed by atoms with Gasteiger partial charge in [-0.05, 0) is 32.3 Å². The first-order chi connectivity index (χ1) is 18.4. The van der Waals surface area contributed by atoms with Crippen molar-refractivity contribution in [3.63, 3.8) is 0 Å². The summed E-state index contributed by atoms with van der Waals surface area (Å²) in [6.07, 6.45) is -0.00498. The zero-order valence-electron chi connectivity index (χ0n) is 22.5. The van der Waals surface area contributed by atoms with Gasteiger partial charge in [0.1, 0.15) is 36.9 Å². The fourth-order valence-corrected chi connectivity index (χ4v) is 3.63. The highest BCUT2D eigenvalue weighted by Crippen LogP contribution is 2.42. The van der Waals surface area contributed by atoms with Gasteiger partial charge in [-0.25, -0.2) is 9.59 Å². The van der Waals surface area contributed by atoms with Crippen LogP contribution in [0, 0.1) is 6.92 Å². The fraction of sp³-hybridized carbons (Fsp3) is 0.500. The summed E-state index contributed by atoms with van der Waals surface area (Å²) >= 11 is 0. The summed E-state index contributed by atoms with van der Waals surface area (Å²) in [6.45, 7) is 4.52. The van der Waals surface area contributed by atoms with Gasteiger partial charge in [0, 0.05) is 31.4 Å². The van der Waals surface area contributed by atoms with Gasteiger partial charge in [-0.1, -0.05) is 11.6 Å². The van der Waals surface area contributed by atoms with E-state index in [1.807, 2.05) is 0 Å². The topological polar surface area (TPSA) is 170 Å². The first-order valence-corrected chi connectivity index (χ1v) is 11.9. The zero-order chi connectivity index (χ0) is 29.1. The number of rotatable bonds is 13. The molecule has 0 spiro atoms. The van der Waals surface area contributed by atoms with Gasteiger partial charge in [-0.2, -0.15) is 0 Å². The number of aromatic hydroxyl groups is 1. The van der Waals surface area contributed by atoms with Crippen molar-refractivity contribution in [1.29, 1.82) is 0 Å². The van der Waals surface area contributed by atoms with E-state index in [1.165, 1.54) is 7.11 Å². The average molecular weight is 553 g/mol. The number of hydrogen-bond acceptors (Lipinski definition) is 13. The normalized spacial score (nSPS) is 12.4. The Morgan fingerprint density at radius 3 is 2.23 bits per heavy atom. The van der Waals surface area contributed by atoms with Crippen molar-refractivity contribution in [3.8, 4) is 11.5 Å². The molecule has 0 saturated heterocycles. The van der Waals surface area contributed by atoms with E-state index >= 15 is 0 Å². The number of hydrogen-bond donors (Lipinski definition) is 1. The van der Waals surface area contributed by atoms with Crippen LogP contribution in [0.3, 0.4) is 0 Å². The van der Waals surface area contributed by atoms with E-state index in [0.29, 0.717) is 28.9 Å². The number of ether oxygens (including phenoxy) is 7. The molecule has 0 fully saturated rings. The van der Waals surface area contributed by atoms with E-state index in [0.717, 1.165) is 19.4 Å². The molecule has 1 aromatic rings. The summed E-state index contributed by atoms with van der Waals surface area (Å²) in [5, 5.41) is 10.7. The van der Waals surface area contributed by atoms with Crippen LogP contribution < -0.4 is 4.74 Å². The molecule has 13 heteroatoms. The SMILES string of the molecule is COc1c(C)c2c(c(O)c1C/C=C(\C)CCC(=O)OCOC(=O)OC(COC(C)=O)COC(C)=O)C(=O)OC2. The third kappa shape index (κ3) is 9.20. The molecule has 1 aliphatic heterocycles. The second kappa shape index (κ2) is 14.6. The Labute approximate surface area is 224 Å². The van der Waals surface area contributed by atoms with Crippen molar-refractivity contribution < 1.29 is 62.2 Å². The average Bonchev–Trinajstić information content (AvgIpc) is 3.27. The van der Waals surface area contributed by atoms with Gasteiger partial charge in [0.2, 0.25) is 6.79 Å². The van der Waals surface area contributed by atoms with E-state index < -0.39 is 42.9 Å². The Morgan fingerprint density at radius 2 is 1.64 bits per heavy atom. The van der Waals surface area contributed by atoms with E-state index in [2.05, 4.69) is 4.74 Å². The second-order valence-electron chi connectivity index (χ2n) is 8.54. The van der Waals surface area contributed by atoms with E-state index in [-0.39, 0.29) is 44.0 Å². The number of phenols is 1. The summed E-state index contributed by atoms with van der Waals surface area (Å²) in [7, 11) is 1.47. The number of cyclic esters (lactones) is 1. The Hall–Kier alpha value is -4.29. The van der Waals surface area contributed by atoms with Crippen molar-refractivity contribution in [3.05, 3.63) is 33.9 Å². The van der Waals surface area contributed by atoms with Gasteiger partial charge in [-0.15, -0.1) is 0 Å². The molecule has 2 rings (SSSR count). The van der Waals surface area contributed by atoms with Crippen molar-refractivity contribution >= 4 is 30.0 Å². The maximum Gasteiger partial charge on any atom is 0.511 e. The number of methoxy groups -OCH3 is 1. The summed E-state index contributed by atoms with van der Waals surface area (Å²) < 4.78 is 34.4. The van der Waals surface area contributed by atoms with Crippen LogP contribution >= 0.6 is 0 Å². The molecule has 0 aliphatic carbocycles. The number of esters is 4. The minimum absolute atomic E-state index is 0.0269. The lowest BCUT2D eigenvalue weighted by atomic mass is 9.94. The van der Waals surface area contributed by atoms with Crippen LogP contribution in [-0.4, -0.2) is 68.4 Å². The third-order valence-electron chi connectivity index (χ3n) is 5.63. The lowest BCUT2D eigenvalue weighted by Gasteiger charge is -2.17. The summed E-state index contributed by atoms with van der Waals surface area (Å²) in [6, 6.07) is 0. The molecule has 1 N–H and O–H groups in total. The number of benzene rings is 1. The summed E-state index contributed by atoms with van der Waals surface area (Å²) in [5.74, 6) is -2.22. The quantitative estimate of drug-likeness (QED) is 0.164. The van der Waals surface area contributed by atoms with Crippen molar-refractivity contribution in [1.82, 2.24) is 0 Å². The molecule has 0 saturated carbocycles. The number of phenolic OH excluding ortho intramolecular Hbond substituents is 1. The van der Waals surface area contributed by atoms with Crippen LogP contribution in [0.25, 0.3) is 0 Å². The Kier molecular flexibility index (Phi) is 11.6. The molecule has 1 aromatic carbocycles. The smallest absolute Gasteiger partial charge is 0.507 e. The monoisotopic (exact) mass is 552 g/mol. The molecule has 1 aliphatic rings. The van der Waals surface area contributed by atoms with Gasteiger partial charge >= 0.3 is 30.0 Å². The summed E-state index contributed by atoms with van der Waals surface area (Å²) in [4.78, 5) is 57.8. The molecule has 13 nitrogen and oxygen atoms in total. The predicted octanol–water partition coefficient (Wildman–Crippen LogP) is 2.80. The molecule has 0 radical (unpaired) electrons. The predicted molar refractivity (Wildman–Crippen MR) is 131 cm³/mol. The number of carbonyl (C=O) groups is 5. The third-order valence-corrected chi connectivity index (χ3v) is 5.63. The number of allylic oxidation sites excluding steroid dienone is 2. The van der Waals surface area contributed by atoms with Crippen LogP contribution in [0.15, 0.2) is 11.6 Å². The van der Waals surface area contributed by atoms with Crippen LogP contribution in [-0.2, 0) is 55.8 Å². The molecule has 0 amide bonds. The van der Waals surface area contributed by atoms with E-state index in [9.17, 15) is 29.1 Å². The summed E-state index contributed by atoms with van der Waals surface area (Å²) in [5.41, 5.74) is 2.68. The van der Waals surface area contributed by atoms with Crippen LogP contribution in [0.4, 0.5) is 4.79 Å². The largest absolute Gasteiger partial charge is 0.511 e. The van der Waals surface area contributed by atoms with Crippen LogP contribution in [0.2, 0.25) is 0 Å². The fourth-order valence-electron chi connectivity index (χ4n) is 3.63. The first kappa shape index (κ1) is 30.9. The molecule has 0 unspecified atom stereocenters. The van der Waals surface area contributed by atoms with Gasteiger partial charge in [0.05, 0.1) is 7.11 Å². The molecule has 39 heavy (non-hydrogen) atoms. The highest BCUT2D eigenvalue weighted by atomic mass is 16.8. The van der Waals surface area contributed by atoms with Crippen molar-refractivity contribution in [2.75, 3.05) is 27.1 Å². The Morgan fingerprint density at radius 1 is 1.00 bits per heavy atom. The molecule has 0 bridgehead atoms. The Balaban J connectivity index is 1.83. The van der Waals surface area contributed by atoms with E-state index in [4.69, 9.17) is 28.4 Å². The molecule has 0 aromatic heterocycles. The minimum atomic E-state index is -1.22. The van der Waals surface area contributed by atoms with E-state index in [1.54, 1.807) is 19.9 Å². The first-order valence-electron chi connectivity index (χ1n) is 11.9. The highest BCUT2D eigenvalue weighted by Gasteiger charge is 2.31. The lowest BCUT2D eigenvalue weighted by Crippen LogP contribution is -2.30. The molecule has 214 valence electrons. The number of carbonyl (C=O) groups excluding carboxylic acids is 5. The maximum absolute atomic E-state index is 12.0. The Bertz CT molecular complexity index is 1120. The highest BCUT2D eigenvalue weighted by molar-refractivity contribution is 5.98. The maximum atomic E-state index is 12.0. The molecule has 1 heterocycles. The van der Waals surface area contributed by atoms with Gasteiger partial charge in [0.15, 0.2) is 6.10 Å². The van der Waals surface area contributed by atoms with Gasteiger partial charge < -0.3 is 38.3 Å².